The number of ether oxygens (including phenoxy) is 1. The van der Waals surface area contributed by atoms with Gasteiger partial charge in [-0.1, -0.05) is 25.0 Å². The maximum absolute atomic E-state index is 12.0. The Morgan fingerprint density at radius 2 is 2.00 bits per heavy atom. The summed E-state index contributed by atoms with van der Waals surface area (Å²) in [5.74, 6) is -0.151. The van der Waals surface area contributed by atoms with E-state index in [4.69, 9.17) is 17.0 Å². The summed E-state index contributed by atoms with van der Waals surface area (Å²) in [6, 6.07) is 7.47. The lowest BCUT2D eigenvalue weighted by Crippen LogP contribution is -2.50. The van der Waals surface area contributed by atoms with E-state index < -0.39 is 6.10 Å². The molecule has 1 fully saturated rings. The number of anilines is 1. The van der Waals surface area contributed by atoms with E-state index in [2.05, 4.69) is 21.5 Å². The molecule has 0 bridgehead atoms. The highest BCUT2D eigenvalue weighted by Gasteiger charge is 2.29. The van der Waals surface area contributed by atoms with E-state index in [9.17, 15) is 9.59 Å². The van der Waals surface area contributed by atoms with Gasteiger partial charge in [0.25, 0.3) is 5.91 Å². The van der Waals surface area contributed by atoms with Crippen LogP contribution in [-0.4, -0.2) is 29.1 Å². The monoisotopic (exact) mass is 348 g/mol. The van der Waals surface area contributed by atoms with Crippen molar-refractivity contribution in [3.05, 3.63) is 24.3 Å². The topological polar surface area (TPSA) is 91.5 Å². The standard InChI is InChI=1S/C16H20N4O3S/c21-14(19-20-16(24)17-10-5-1-2-6-10)9-13-15(22)18-11-7-3-4-8-12(11)23-13/h3-4,7-8,10,13H,1-2,5-6,9H2,(H,18,22)(H,19,21)(H2,17,20,24)/t13-/m0/s1. The molecule has 1 heterocycles. The van der Waals surface area contributed by atoms with Gasteiger partial charge in [-0.2, -0.15) is 0 Å². The SMILES string of the molecule is O=C(C[C@@H]1Oc2ccccc2NC1=O)NNC(=S)NC1CCCC1. The van der Waals surface area contributed by atoms with E-state index in [0.717, 1.165) is 12.8 Å². The molecule has 0 unspecified atom stereocenters. The maximum Gasteiger partial charge on any atom is 0.266 e. The van der Waals surface area contributed by atoms with Crippen molar-refractivity contribution in [2.45, 2.75) is 44.2 Å². The zero-order valence-electron chi connectivity index (χ0n) is 13.1. The Morgan fingerprint density at radius 3 is 2.79 bits per heavy atom. The molecule has 4 N–H and O–H groups in total. The van der Waals surface area contributed by atoms with Gasteiger partial charge in [-0.15, -0.1) is 0 Å². The van der Waals surface area contributed by atoms with Crippen LogP contribution in [0.2, 0.25) is 0 Å². The fourth-order valence-corrected chi connectivity index (χ4v) is 3.08. The first kappa shape index (κ1) is 16.5. The first-order valence-corrected chi connectivity index (χ1v) is 8.44. The molecule has 24 heavy (non-hydrogen) atoms. The number of hydrazine groups is 1. The van der Waals surface area contributed by atoms with Gasteiger partial charge in [0.1, 0.15) is 5.75 Å². The van der Waals surface area contributed by atoms with Crippen LogP contribution in [0, 0.1) is 0 Å². The predicted molar refractivity (Wildman–Crippen MR) is 93.4 cm³/mol. The predicted octanol–water partition coefficient (Wildman–Crippen LogP) is 1.21. The minimum absolute atomic E-state index is 0.0980. The van der Waals surface area contributed by atoms with E-state index in [1.165, 1.54) is 12.8 Å². The van der Waals surface area contributed by atoms with Crippen molar-refractivity contribution in [2.24, 2.45) is 0 Å². The second-order valence-corrected chi connectivity index (χ2v) is 6.33. The molecular formula is C16H20N4O3S. The van der Waals surface area contributed by atoms with Gasteiger partial charge in [0.05, 0.1) is 12.1 Å². The van der Waals surface area contributed by atoms with Gasteiger partial charge in [-0.25, -0.2) is 0 Å². The summed E-state index contributed by atoms with van der Waals surface area (Å²) in [5, 5.41) is 6.26. The van der Waals surface area contributed by atoms with Gasteiger partial charge < -0.3 is 15.4 Å². The van der Waals surface area contributed by atoms with E-state index in [0.29, 0.717) is 22.6 Å². The number of hydrogen-bond acceptors (Lipinski definition) is 4. The van der Waals surface area contributed by atoms with Gasteiger partial charge in [0, 0.05) is 6.04 Å². The molecule has 0 saturated heterocycles. The summed E-state index contributed by atoms with van der Waals surface area (Å²) in [7, 11) is 0. The Kier molecular flexibility index (Phi) is 5.14. The van der Waals surface area contributed by atoms with E-state index >= 15 is 0 Å². The van der Waals surface area contributed by atoms with Crippen LogP contribution in [-0.2, 0) is 9.59 Å². The highest BCUT2D eigenvalue weighted by Crippen LogP contribution is 2.29. The third kappa shape index (κ3) is 4.14. The van der Waals surface area contributed by atoms with E-state index in [-0.39, 0.29) is 18.2 Å². The van der Waals surface area contributed by atoms with Crippen molar-refractivity contribution in [3.63, 3.8) is 0 Å². The van der Waals surface area contributed by atoms with Crippen LogP contribution < -0.4 is 26.2 Å². The number of nitrogens with one attached hydrogen (secondary N) is 4. The van der Waals surface area contributed by atoms with Crippen LogP contribution >= 0.6 is 12.2 Å². The smallest absolute Gasteiger partial charge is 0.266 e. The number of benzene rings is 1. The third-order valence-corrected chi connectivity index (χ3v) is 4.30. The molecule has 0 aromatic heterocycles. The maximum atomic E-state index is 12.0. The van der Waals surface area contributed by atoms with Gasteiger partial charge in [-0.3, -0.25) is 20.4 Å². The van der Waals surface area contributed by atoms with Crippen molar-refractivity contribution in [3.8, 4) is 5.75 Å². The van der Waals surface area contributed by atoms with Gasteiger partial charge >= 0.3 is 0 Å². The minimum Gasteiger partial charge on any atom is -0.478 e. The minimum atomic E-state index is -0.863. The second kappa shape index (κ2) is 7.48. The molecule has 0 spiro atoms. The lowest BCUT2D eigenvalue weighted by atomic mass is 10.1. The van der Waals surface area contributed by atoms with Crippen molar-refractivity contribution in [1.29, 1.82) is 0 Å². The van der Waals surface area contributed by atoms with Crippen LogP contribution in [0.5, 0.6) is 5.75 Å². The van der Waals surface area contributed by atoms with Crippen molar-refractivity contribution in [2.75, 3.05) is 5.32 Å². The van der Waals surface area contributed by atoms with E-state index in [1.54, 1.807) is 18.2 Å². The number of para-hydroxylation sites is 2. The summed E-state index contributed by atoms with van der Waals surface area (Å²) < 4.78 is 5.58. The normalized spacial score (nSPS) is 19.7. The Bertz CT molecular complexity index is 646. The molecule has 1 aliphatic carbocycles. The van der Waals surface area contributed by atoms with Crippen molar-refractivity contribution >= 4 is 34.8 Å². The number of rotatable bonds is 3. The fraction of sp³-hybridized carbons (Fsp3) is 0.438. The Morgan fingerprint density at radius 1 is 1.25 bits per heavy atom. The van der Waals surface area contributed by atoms with Crippen molar-refractivity contribution < 1.29 is 14.3 Å². The molecule has 7 nitrogen and oxygen atoms in total. The molecule has 1 aromatic carbocycles. The Labute approximate surface area is 145 Å². The van der Waals surface area contributed by atoms with Gasteiger partial charge in [-0.05, 0) is 37.2 Å². The summed E-state index contributed by atoms with van der Waals surface area (Å²) in [5.41, 5.74) is 5.77. The van der Waals surface area contributed by atoms with Crippen LogP contribution in [0.15, 0.2) is 24.3 Å². The van der Waals surface area contributed by atoms with Crippen LogP contribution in [0.4, 0.5) is 5.69 Å². The molecule has 8 heteroatoms. The van der Waals surface area contributed by atoms with Crippen LogP contribution in [0.1, 0.15) is 32.1 Å². The number of fused-ring (bicyclic) bond motifs is 1. The highest BCUT2D eigenvalue weighted by molar-refractivity contribution is 7.80. The summed E-state index contributed by atoms with van der Waals surface area (Å²) in [6.07, 6.45) is 3.61. The first-order valence-electron chi connectivity index (χ1n) is 8.04. The first-order chi connectivity index (χ1) is 11.6. The fourth-order valence-electron chi connectivity index (χ4n) is 2.86. The molecule has 1 aromatic rings. The van der Waals surface area contributed by atoms with E-state index in [1.807, 2.05) is 6.07 Å². The molecule has 0 radical (unpaired) electrons. The summed E-state index contributed by atoms with van der Waals surface area (Å²) in [4.78, 5) is 24.0. The summed E-state index contributed by atoms with van der Waals surface area (Å²) in [6.45, 7) is 0. The molecule has 2 amide bonds. The molecule has 1 atom stereocenters. The summed E-state index contributed by atoms with van der Waals surface area (Å²) >= 11 is 5.14. The number of carbonyl (C=O) groups is 2. The lowest BCUT2D eigenvalue weighted by molar-refractivity contribution is -0.130. The molecular weight excluding hydrogens is 328 g/mol. The average Bonchev–Trinajstić information content (AvgIpc) is 3.06. The zero-order chi connectivity index (χ0) is 16.9. The second-order valence-electron chi connectivity index (χ2n) is 5.92. The average molecular weight is 348 g/mol. The largest absolute Gasteiger partial charge is 0.478 e. The quantitative estimate of drug-likeness (QED) is 0.485. The number of hydrogen-bond donors (Lipinski definition) is 4. The molecule has 1 aliphatic heterocycles. The number of thiocarbonyl (C=S) groups is 1. The zero-order valence-corrected chi connectivity index (χ0v) is 13.9. The molecule has 3 rings (SSSR count). The number of carbonyl (C=O) groups excluding carboxylic acids is 2. The molecule has 128 valence electrons. The third-order valence-electron chi connectivity index (χ3n) is 4.08. The van der Waals surface area contributed by atoms with Crippen molar-refractivity contribution in [1.82, 2.24) is 16.2 Å². The van der Waals surface area contributed by atoms with Crippen LogP contribution in [0.25, 0.3) is 0 Å². The molecule has 2 aliphatic rings. The lowest BCUT2D eigenvalue weighted by Gasteiger charge is -2.25. The Balaban J connectivity index is 1.45. The number of amides is 2. The Hall–Kier alpha value is -2.35. The van der Waals surface area contributed by atoms with Gasteiger partial charge in [0.15, 0.2) is 11.2 Å². The highest BCUT2D eigenvalue weighted by atomic mass is 32.1. The van der Waals surface area contributed by atoms with Crippen LogP contribution in [0.3, 0.4) is 0 Å². The van der Waals surface area contributed by atoms with Gasteiger partial charge in [0.2, 0.25) is 5.91 Å². The molecule has 1 saturated carbocycles.